The first-order chi connectivity index (χ1) is 5.81. The topological polar surface area (TPSA) is 0 Å². The summed E-state index contributed by atoms with van der Waals surface area (Å²) in [6, 6.07) is 0. The van der Waals surface area contributed by atoms with E-state index in [0.29, 0.717) is 5.41 Å². The highest BCUT2D eigenvalue weighted by Gasteiger charge is 2.29. The van der Waals surface area contributed by atoms with Gasteiger partial charge in [-0.2, -0.15) is 0 Å². The van der Waals surface area contributed by atoms with Crippen molar-refractivity contribution >= 4 is 0 Å². The molecule has 0 heteroatoms. The molecule has 0 saturated heterocycles. The molecule has 13 heavy (non-hydrogen) atoms. The van der Waals surface area contributed by atoms with Crippen LogP contribution in [0.2, 0.25) is 0 Å². The van der Waals surface area contributed by atoms with Gasteiger partial charge in [0.2, 0.25) is 0 Å². The second kappa shape index (κ2) is 5.02. The molecular formula is C13H28. The standard InChI is InChI=1S/C13H28/c1-8-11(4)9-13(6,7)12(5)10(2)3/h10-12H,8-9H2,1-7H3. The fourth-order valence-electron chi connectivity index (χ4n) is 2.13. The first kappa shape index (κ1) is 13.0. The Bertz CT molecular complexity index is 133. The smallest absolute Gasteiger partial charge is 0.0324 e. The van der Waals surface area contributed by atoms with Crippen LogP contribution in [-0.2, 0) is 0 Å². The summed E-state index contributed by atoms with van der Waals surface area (Å²) in [6.45, 7) is 16.6. The van der Waals surface area contributed by atoms with Crippen LogP contribution >= 0.6 is 0 Å². The third-order valence-electron chi connectivity index (χ3n) is 3.80. The summed E-state index contributed by atoms with van der Waals surface area (Å²) < 4.78 is 0. The molecule has 0 aliphatic heterocycles. The van der Waals surface area contributed by atoms with E-state index in [1.807, 2.05) is 0 Å². The normalized spacial score (nSPS) is 17.5. The summed E-state index contributed by atoms with van der Waals surface area (Å²) in [6.07, 6.45) is 2.68. The molecule has 0 fully saturated rings. The van der Waals surface area contributed by atoms with Crippen molar-refractivity contribution in [2.45, 2.75) is 61.3 Å². The van der Waals surface area contributed by atoms with Crippen molar-refractivity contribution in [2.75, 3.05) is 0 Å². The molecule has 0 N–H and O–H groups in total. The van der Waals surface area contributed by atoms with Crippen LogP contribution in [0.25, 0.3) is 0 Å². The predicted molar refractivity (Wildman–Crippen MR) is 61.9 cm³/mol. The Morgan fingerprint density at radius 2 is 1.46 bits per heavy atom. The average Bonchev–Trinajstić information content (AvgIpc) is 2.01. The van der Waals surface area contributed by atoms with E-state index < -0.39 is 0 Å². The Balaban J connectivity index is 4.21. The van der Waals surface area contributed by atoms with E-state index in [9.17, 15) is 0 Å². The van der Waals surface area contributed by atoms with Gasteiger partial charge in [0.15, 0.2) is 0 Å². The summed E-state index contributed by atoms with van der Waals surface area (Å²) in [4.78, 5) is 0. The zero-order chi connectivity index (χ0) is 10.6. The van der Waals surface area contributed by atoms with Crippen molar-refractivity contribution in [1.82, 2.24) is 0 Å². The molecule has 2 atom stereocenters. The van der Waals surface area contributed by atoms with E-state index in [-0.39, 0.29) is 0 Å². The highest BCUT2D eigenvalue weighted by molar-refractivity contribution is 4.78. The Kier molecular flexibility index (Phi) is 5.02. The minimum absolute atomic E-state index is 0.504. The third kappa shape index (κ3) is 4.15. The SMILES string of the molecule is CCC(C)CC(C)(C)C(C)C(C)C. The largest absolute Gasteiger partial charge is 0.0651 e. The summed E-state index contributed by atoms with van der Waals surface area (Å²) in [5.74, 6) is 2.50. The van der Waals surface area contributed by atoms with Gasteiger partial charge >= 0.3 is 0 Å². The minimum Gasteiger partial charge on any atom is -0.0651 e. The van der Waals surface area contributed by atoms with E-state index in [2.05, 4.69) is 48.5 Å². The average molecular weight is 184 g/mol. The Morgan fingerprint density at radius 3 is 1.77 bits per heavy atom. The van der Waals surface area contributed by atoms with E-state index >= 15 is 0 Å². The van der Waals surface area contributed by atoms with Gasteiger partial charge in [-0.1, -0.05) is 54.9 Å². The van der Waals surface area contributed by atoms with Crippen LogP contribution in [0.15, 0.2) is 0 Å². The summed E-state index contributed by atoms with van der Waals surface area (Å²) in [5, 5.41) is 0. The number of hydrogen-bond donors (Lipinski definition) is 0. The van der Waals surface area contributed by atoms with Gasteiger partial charge in [-0.05, 0) is 29.6 Å². The fraction of sp³-hybridized carbons (Fsp3) is 1.00. The lowest BCUT2D eigenvalue weighted by Crippen LogP contribution is -2.27. The van der Waals surface area contributed by atoms with Gasteiger partial charge in [0.1, 0.15) is 0 Å². The van der Waals surface area contributed by atoms with Crippen LogP contribution in [0, 0.1) is 23.2 Å². The first-order valence-corrected chi connectivity index (χ1v) is 5.81. The van der Waals surface area contributed by atoms with Gasteiger partial charge in [0, 0.05) is 0 Å². The van der Waals surface area contributed by atoms with Crippen LogP contribution in [0.1, 0.15) is 61.3 Å². The van der Waals surface area contributed by atoms with Crippen molar-refractivity contribution in [3.05, 3.63) is 0 Å². The summed E-state index contributed by atoms with van der Waals surface area (Å²) in [7, 11) is 0. The molecule has 80 valence electrons. The highest BCUT2D eigenvalue weighted by atomic mass is 14.3. The van der Waals surface area contributed by atoms with E-state index in [4.69, 9.17) is 0 Å². The molecule has 0 aliphatic rings. The van der Waals surface area contributed by atoms with E-state index in [1.54, 1.807) is 0 Å². The van der Waals surface area contributed by atoms with E-state index in [1.165, 1.54) is 12.8 Å². The Hall–Kier alpha value is 0. The van der Waals surface area contributed by atoms with Gasteiger partial charge in [-0.3, -0.25) is 0 Å². The lowest BCUT2D eigenvalue weighted by Gasteiger charge is -2.36. The van der Waals surface area contributed by atoms with Gasteiger partial charge in [0.05, 0.1) is 0 Å². The molecule has 0 heterocycles. The molecule has 0 nitrogen and oxygen atoms in total. The second-order valence-corrected chi connectivity index (χ2v) is 5.74. The summed E-state index contributed by atoms with van der Waals surface area (Å²) in [5.41, 5.74) is 0.504. The number of hydrogen-bond acceptors (Lipinski definition) is 0. The molecule has 0 aromatic heterocycles. The van der Waals surface area contributed by atoms with Crippen LogP contribution in [0.3, 0.4) is 0 Å². The fourth-order valence-corrected chi connectivity index (χ4v) is 2.13. The molecule has 0 rings (SSSR count). The molecule has 0 spiro atoms. The molecule has 0 radical (unpaired) electrons. The third-order valence-corrected chi connectivity index (χ3v) is 3.80. The highest BCUT2D eigenvalue weighted by Crippen LogP contribution is 2.38. The molecular weight excluding hydrogens is 156 g/mol. The van der Waals surface area contributed by atoms with Crippen LogP contribution in [-0.4, -0.2) is 0 Å². The molecule has 0 aliphatic carbocycles. The number of rotatable bonds is 5. The maximum Gasteiger partial charge on any atom is -0.0324 e. The van der Waals surface area contributed by atoms with Crippen LogP contribution < -0.4 is 0 Å². The lowest BCUT2D eigenvalue weighted by molar-refractivity contribution is 0.136. The monoisotopic (exact) mass is 184 g/mol. The first-order valence-electron chi connectivity index (χ1n) is 5.81. The Labute approximate surface area is 85.1 Å². The quantitative estimate of drug-likeness (QED) is 0.579. The molecule has 0 saturated carbocycles. The molecule has 0 amide bonds. The van der Waals surface area contributed by atoms with Gasteiger partial charge in [-0.25, -0.2) is 0 Å². The lowest BCUT2D eigenvalue weighted by atomic mass is 9.69. The molecule has 0 bridgehead atoms. The van der Waals surface area contributed by atoms with Gasteiger partial charge in [0.25, 0.3) is 0 Å². The van der Waals surface area contributed by atoms with Crippen LogP contribution in [0.4, 0.5) is 0 Å². The van der Waals surface area contributed by atoms with Crippen molar-refractivity contribution in [1.29, 1.82) is 0 Å². The zero-order valence-electron chi connectivity index (χ0n) is 10.6. The minimum atomic E-state index is 0.504. The predicted octanol–water partition coefficient (Wildman–Crippen LogP) is 4.74. The van der Waals surface area contributed by atoms with Crippen molar-refractivity contribution in [3.63, 3.8) is 0 Å². The van der Waals surface area contributed by atoms with Crippen molar-refractivity contribution < 1.29 is 0 Å². The summed E-state index contributed by atoms with van der Waals surface area (Å²) >= 11 is 0. The van der Waals surface area contributed by atoms with Crippen molar-refractivity contribution in [2.24, 2.45) is 23.2 Å². The second-order valence-electron chi connectivity index (χ2n) is 5.74. The Morgan fingerprint density at radius 1 is 1.00 bits per heavy atom. The maximum absolute atomic E-state index is 2.42. The maximum atomic E-state index is 2.42. The van der Waals surface area contributed by atoms with Crippen LogP contribution in [0.5, 0.6) is 0 Å². The molecule has 2 unspecified atom stereocenters. The van der Waals surface area contributed by atoms with Gasteiger partial charge < -0.3 is 0 Å². The van der Waals surface area contributed by atoms with Crippen molar-refractivity contribution in [3.8, 4) is 0 Å². The molecule has 0 aromatic carbocycles. The van der Waals surface area contributed by atoms with Gasteiger partial charge in [-0.15, -0.1) is 0 Å². The zero-order valence-corrected chi connectivity index (χ0v) is 10.6. The van der Waals surface area contributed by atoms with E-state index in [0.717, 1.165) is 17.8 Å². The molecule has 0 aromatic rings.